The highest BCUT2D eigenvalue weighted by Gasteiger charge is 2.44. The number of amides is 1. The summed E-state index contributed by atoms with van der Waals surface area (Å²) in [6.45, 7) is 3.68. The molecule has 1 fully saturated rings. The SMILES string of the molecule is CC/C=C\C/C=C\C/C=C\C/C=C\C/C=C\C/C=C\C/C=C\C/C=C\C/C=C\C/C=C\CCCCCCCCCCC(=O)NC(COC1OC(CO)C(O)C(O)C1O)C(O)/C=C/CCCCCCCCCCCCCCCCCCCCCCCCC. The molecule has 7 atom stereocenters. The van der Waals surface area contributed by atoms with Crippen molar-refractivity contribution < 1.29 is 39.8 Å². The van der Waals surface area contributed by atoms with Gasteiger partial charge in [-0.15, -0.1) is 0 Å². The van der Waals surface area contributed by atoms with Crippen molar-refractivity contribution in [2.75, 3.05) is 13.2 Å². The average molecular weight is 1210 g/mol. The van der Waals surface area contributed by atoms with E-state index in [9.17, 15) is 30.3 Å². The van der Waals surface area contributed by atoms with Crippen LogP contribution in [-0.4, -0.2) is 87.5 Å². The summed E-state index contributed by atoms with van der Waals surface area (Å²) in [5.74, 6) is -0.188. The Hall–Kier alpha value is -3.67. The number of allylic oxidation sites excluding steroid dienone is 21. The first-order chi connectivity index (χ1) is 42.8. The van der Waals surface area contributed by atoms with E-state index < -0.39 is 49.5 Å². The molecule has 6 N–H and O–H groups in total. The monoisotopic (exact) mass is 1210 g/mol. The van der Waals surface area contributed by atoms with Gasteiger partial charge < -0.3 is 40.3 Å². The molecule has 0 aromatic rings. The Kier molecular flexibility index (Phi) is 61.0. The number of carbonyl (C=O) groups excluding carboxylic acids is 1. The Morgan fingerprint density at radius 3 is 1.06 bits per heavy atom. The number of carbonyl (C=O) groups is 1. The number of nitrogens with one attached hydrogen (secondary N) is 1. The van der Waals surface area contributed by atoms with Crippen LogP contribution >= 0.6 is 0 Å². The predicted molar refractivity (Wildman–Crippen MR) is 373 cm³/mol. The molecule has 9 heteroatoms. The summed E-state index contributed by atoms with van der Waals surface area (Å²) in [6.07, 6.45) is 92.6. The molecule has 1 rings (SSSR count). The summed E-state index contributed by atoms with van der Waals surface area (Å²) >= 11 is 0. The fraction of sp³-hybridized carbons (Fsp3) is 0.705. The molecule has 7 unspecified atom stereocenters. The topological polar surface area (TPSA) is 149 Å². The Bertz CT molecular complexity index is 1840. The second kappa shape index (κ2) is 65.3. The Morgan fingerprint density at radius 2 is 0.713 bits per heavy atom. The molecule has 87 heavy (non-hydrogen) atoms. The zero-order chi connectivity index (χ0) is 62.8. The fourth-order valence-corrected chi connectivity index (χ4v) is 10.7. The number of hydrogen-bond acceptors (Lipinski definition) is 8. The lowest BCUT2D eigenvalue weighted by Gasteiger charge is -2.40. The Balaban J connectivity index is 2.16. The second-order valence-electron chi connectivity index (χ2n) is 24.3. The van der Waals surface area contributed by atoms with E-state index in [-0.39, 0.29) is 12.5 Å². The third-order valence-electron chi connectivity index (χ3n) is 16.2. The van der Waals surface area contributed by atoms with Crippen LogP contribution < -0.4 is 5.32 Å². The van der Waals surface area contributed by atoms with E-state index in [0.29, 0.717) is 6.42 Å². The highest BCUT2D eigenvalue weighted by atomic mass is 16.7. The van der Waals surface area contributed by atoms with Gasteiger partial charge in [0.15, 0.2) is 6.29 Å². The summed E-state index contributed by atoms with van der Waals surface area (Å²) in [4.78, 5) is 13.1. The van der Waals surface area contributed by atoms with E-state index in [1.807, 2.05) is 6.08 Å². The van der Waals surface area contributed by atoms with Crippen molar-refractivity contribution in [3.8, 4) is 0 Å². The van der Waals surface area contributed by atoms with Crippen LogP contribution in [0.15, 0.2) is 134 Å². The largest absolute Gasteiger partial charge is 0.394 e. The molecule has 1 aliphatic rings. The summed E-state index contributed by atoms with van der Waals surface area (Å²) in [5.41, 5.74) is 0. The van der Waals surface area contributed by atoms with Gasteiger partial charge in [-0.1, -0.05) is 327 Å². The van der Waals surface area contributed by atoms with Crippen molar-refractivity contribution in [3.63, 3.8) is 0 Å². The number of aliphatic hydroxyl groups is 5. The minimum absolute atomic E-state index is 0.188. The molecule has 0 bridgehead atoms. The van der Waals surface area contributed by atoms with Crippen LogP contribution in [-0.2, 0) is 14.3 Å². The number of rotatable bonds is 61. The molecule has 0 spiro atoms. The van der Waals surface area contributed by atoms with Crippen LogP contribution in [0.25, 0.3) is 0 Å². The zero-order valence-electron chi connectivity index (χ0n) is 55.7. The number of unbranched alkanes of at least 4 members (excludes halogenated alkanes) is 31. The van der Waals surface area contributed by atoms with Crippen molar-refractivity contribution in [1.82, 2.24) is 5.32 Å². The van der Waals surface area contributed by atoms with Crippen molar-refractivity contribution in [1.29, 1.82) is 0 Å². The maximum atomic E-state index is 13.1. The first-order valence-electron chi connectivity index (χ1n) is 35.9. The van der Waals surface area contributed by atoms with Gasteiger partial charge in [0, 0.05) is 6.42 Å². The van der Waals surface area contributed by atoms with Gasteiger partial charge in [0.2, 0.25) is 5.91 Å². The van der Waals surface area contributed by atoms with Gasteiger partial charge in [0.1, 0.15) is 24.4 Å². The Labute approximate surface area is 534 Å². The second-order valence-corrected chi connectivity index (χ2v) is 24.3. The van der Waals surface area contributed by atoms with Gasteiger partial charge in [0.05, 0.1) is 25.4 Å². The molecule has 0 radical (unpaired) electrons. The molecule has 1 aliphatic heterocycles. The van der Waals surface area contributed by atoms with Crippen LogP contribution in [0.4, 0.5) is 0 Å². The fourth-order valence-electron chi connectivity index (χ4n) is 10.7. The van der Waals surface area contributed by atoms with E-state index in [1.54, 1.807) is 6.08 Å². The van der Waals surface area contributed by atoms with Crippen LogP contribution in [0.2, 0.25) is 0 Å². The summed E-state index contributed by atoms with van der Waals surface area (Å²) in [5, 5.41) is 54.8. The van der Waals surface area contributed by atoms with Crippen molar-refractivity contribution in [2.45, 2.75) is 339 Å². The molecule has 0 aromatic carbocycles. The summed E-state index contributed by atoms with van der Waals surface area (Å²) in [7, 11) is 0. The molecular weight excluding hydrogens is 1080 g/mol. The highest BCUT2D eigenvalue weighted by Crippen LogP contribution is 2.23. The van der Waals surface area contributed by atoms with Crippen molar-refractivity contribution >= 4 is 5.91 Å². The molecule has 1 amide bonds. The average Bonchev–Trinajstić information content (AvgIpc) is 3.38. The van der Waals surface area contributed by atoms with Gasteiger partial charge in [-0.25, -0.2) is 0 Å². The van der Waals surface area contributed by atoms with E-state index in [1.165, 1.54) is 161 Å². The lowest BCUT2D eigenvalue weighted by Crippen LogP contribution is -2.60. The maximum Gasteiger partial charge on any atom is 0.220 e. The van der Waals surface area contributed by atoms with Gasteiger partial charge in [-0.2, -0.15) is 0 Å². The molecular formula is C78H133NO8. The molecule has 0 saturated carbocycles. The van der Waals surface area contributed by atoms with Crippen LogP contribution in [0.1, 0.15) is 296 Å². The van der Waals surface area contributed by atoms with E-state index in [0.717, 1.165) is 116 Å². The number of ether oxygens (including phenoxy) is 2. The molecule has 0 aliphatic carbocycles. The molecule has 1 saturated heterocycles. The maximum absolute atomic E-state index is 13.1. The van der Waals surface area contributed by atoms with Gasteiger partial charge in [-0.05, 0) is 96.3 Å². The minimum atomic E-state index is -1.58. The van der Waals surface area contributed by atoms with E-state index in [4.69, 9.17) is 9.47 Å². The lowest BCUT2D eigenvalue weighted by molar-refractivity contribution is -0.302. The van der Waals surface area contributed by atoms with Crippen molar-refractivity contribution in [3.05, 3.63) is 134 Å². The minimum Gasteiger partial charge on any atom is -0.394 e. The summed E-state index contributed by atoms with van der Waals surface area (Å²) < 4.78 is 11.3. The van der Waals surface area contributed by atoms with Gasteiger partial charge >= 0.3 is 0 Å². The lowest BCUT2D eigenvalue weighted by atomic mass is 9.99. The molecule has 498 valence electrons. The first kappa shape index (κ1) is 81.3. The zero-order valence-corrected chi connectivity index (χ0v) is 55.7. The third kappa shape index (κ3) is 53.8. The first-order valence-corrected chi connectivity index (χ1v) is 35.9. The standard InChI is InChI=1S/C78H133NO8/c1-3-5-7-9-11-13-15-17-19-21-23-25-27-29-30-31-32-33-34-35-36-37-38-39-40-41-42-44-46-48-50-52-54-56-58-60-62-64-66-68-74(82)79-71(70-86-78-77(85)76(84)75(83)73(69-80)87-78)72(81)67-65-63-61-59-57-55-53-51-49-47-45-43-28-26-24-22-20-18-16-14-12-10-8-6-4-2/h5,7,11,13,17,19,23,25,29-30,32-33,35-36,38-39,41-42,46,48,65,67,71-73,75-78,80-81,83-85H,3-4,6,8-10,12,14-16,18,20-22,24,26-28,31,34,37,40,43-45,47,49-64,66,68-70H2,1-2H3,(H,79,82)/b7-5-,13-11-,19-17-,25-23-,30-29-,33-32-,36-35-,39-38-,42-41-,48-46-,67-65+. The smallest absolute Gasteiger partial charge is 0.220 e. The predicted octanol–water partition coefficient (Wildman–Crippen LogP) is 20.0. The number of hydrogen-bond donors (Lipinski definition) is 6. The molecule has 0 aromatic heterocycles. The third-order valence-corrected chi connectivity index (χ3v) is 16.2. The van der Waals surface area contributed by atoms with Crippen LogP contribution in [0.5, 0.6) is 0 Å². The van der Waals surface area contributed by atoms with Crippen LogP contribution in [0.3, 0.4) is 0 Å². The van der Waals surface area contributed by atoms with E-state index in [2.05, 4.69) is 141 Å². The van der Waals surface area contributed by atoms with Gasteiger partial charge in [-0.3, -0.25) is 4.79 Å². The van der Waals surface area contributed by atoms with E-state index >= 15 is 0 Å². The van der Waals surface area contributed by atoms with Crippen LogP contribution in [0, 0.1) is 0 Å². The van der Waals surface area contributed by atoms with Crippen molar-refractivity contribution in [2.24, 2.45) is 0 Å². The quantitative estimate of drug-likeness (QED) is 0.0261. The molecule has 9 nitrogen and oxygen atoms in total. The number of aliphatic hydroxyl groups excluding tert-OH is 5. The highest BCUT2D eigenvalue weighted by molar-refractivity contribution is 5.76. The summed E-state index contributed by atoms with van der Waals surface area (Å²) in [6, 6.07) is -0.820. The Morgan fingerprint density at radius 1 is 0.402 bits per heavy atom. The molecule has 1 heterocycles. The van der Waals surface area contributed by atoms with Gasteiger partial charge in [0.25, 0.3) is 0 Å². The normalized spacial score (nSPS) is 18.8.